The molecular formula is C23H24ClN. The molecule has 0 bridgehead atoms. The van der Waals surface area contributed by atoms with Crippen LogP contribution in [0.3, 0.4) is 0 Å². The van der Waals surface area contributed by atoms with E-state index >= 15 is 0 Å². The van der Waals surface area contributed by atoms with Crippen LogP contribution in [0.5, 0.6) is 0 Å². The maximum atomic E-state index is 3.52. The summed E-state index contributed by atoms with van der Waals surface area (Å²) in [5.74, 6) is 0. The highest BCUT2D eigenvalue weighted by molar-refractivity contribution is 5.85. The van der Waals surface area contributed by atoms with E-state index in [-0.39, 0.29) is 12.4 Å². The third-order valence-electron chi connectivity index (χ3n) is 4.17. The van der Waals surface area contributed by atoms with Crippen molar-refractivity contribution in [2.45, 2.75) is 13.0 Å². The highest BCUT2D eigenvalue weighted by atomic mass is 35.5. The van der Waals surface area contributed by atoms with Crippen LogP contribution in [0.15, 0.2) is 91.0 Å². The highest BCUT2D eigenvalue weighted by Gasteiger charge is 2.01. The van der Waals surface area contributed by atoms with E-state index in [9.17, 15) is 0 Å². The molecular weight excluding hydrogens is 326 g/mol. The minimum absolute atomic E-state index is 0. The van der Waals surface area contributed by atoms with Gasteiger partial charge in [-0.3, -0.25) is 0 Å². The van der Waals surface area contributed by atoms with Gasteiger partial charge in [-0.05, 0) is 29.2 Å². The Labute approximate surface area is 156 Å². The first-order valence-electron chi connectivity index (χ1n) is 8.43. The van der Waals surface area contributed by atoms with Crippen LogP contribution in [0.4, 0.5) is 0 Å². The Balaban J connectivity index is 0.00000225. The van der Waals surface area contributed by atoms with Crippen molar-refractivity contribution >= 4 is 18.5 Å². The first-order valence-corrected chi connectivity index (χ1v) is 8.43. The SMILES string of the molecule is C[C@@H](NCC=Cc1ccc(-c2ccccc2)cc1)c1ccccc1.Cl. The first kappa shape index (κ1) is 19.0. The average molecular weight is 350 g/mol. The molecule has 2 heteroatoms. The fourth-order valence-electron chi connectivity index (χ4n) is 2.72. The Morgan fingerprint density at radius 1 is 0.760 bits per heavy atom. The van der Waals surface area contributed by atoms with Gasteiger partial charge in [0.2, 0.25) is 0 Å². The normalized spacial score (nSPS) is 11.9. The lowest BCUT2D eigenvalue weighted by molar-refractivity contribution is 0.618. The monoisotopic (exact) mass is 349 g/mol. The molecule has 1 N–H and O–H groups in total. The van der Waals surface area contributed by atoms with Gasteiger partial charge in [0, 0.05) is 12.6 Å². The Hall–Kier alpha value is -2.35. The zero-order chi connectivity index (χ0) is 16.6. The van der Waals surface area contributed by atoms with E-state index in [1.54, 1.807) is 0 Å². The van der Waals surface area contributed by atoms with Gasteiger partial charge in [0.05, 0.1) is 0 Å². The van der Waals surface area contributed by atoms with Gasteiger partial charge < -0.3 is 5.32 Å². The van der Waals surface area contributed by atoms with Crippen LogP contribution in [0, 0.1) is 0 Å². The van der Waals surface area contributed by atoms with E-state index in [0.717, 1.165) is 6.54 Å². The average Bonchev–Trinajstić information content (AvgIpc) is 2.67. The maximum Gasteiger partial charge on any atom is 0.0294 e. The molecule has 0 amide bonds. The molecule has 0 heterocycles. The molecule has 25 heavy (non-hydrogen) atoms. The molecule has 1 atom stereocenters. The van der Waals surface area contributed by atoms with Gasteiger partial charge >= 0.3 is 0 Å². The smallest absolute Gasteiger partial charge is 0.0294 e. The molecule has 0 fully saturated rings. The lowest BCUT2D eigenvalue weighted by Gasteiger charge is -2.12. The van der Waals surface area contributed by atoms with Crippen LogP contribution in [0.25, 0.3) is 17.2 Å². The topological polar surface area (TPSA) is 12.0 Å². The number of nitrogens with one attached hydrogen (secondary N) is 1. The Morgan fingerprint density at radius 3 is 1.96 bits per heavy atom. The molecule has 0 spiro atoms. The fraction of sp³-hybridized carbons (Fsp3) is 0.130. The molecule has 0 saturated heterocycles. The van der Waals surface area contributed by atoms with Gasteiger partial charge in [-0.2, -0.15) is 0 Å². The van der Waals surface area contributed by atoms with Crippen LogP contribution in [-0.2, 0) is 0 Å². The highest BCUT2D eigenvalue weighted by Crippen LogP contribution is 2.19. The summed E-state index contributed by atoms with van der Waals surface area (Å²) < 4.78 is 0. The molecule has 0 aliphatic carbocycles. The van der Waals surface area contributed by atoms with Crippen molar-refractivity contribution in [3.63, 3.8) is 0 Å². The van der Waals surface area contributed by atoms with E-state index in [1.807, 2.05) is 6.07 Å². The predicted octanol–water partition coefficient (Wildman–Crippen LogP) is 6.14. The van der Waals surface area contributed by atoms with E-state index in [1.165, 1.54) is 22.3 Å². The second-order valence-corrected chi connectivity index (χ2v) is 5.93. The number of rotatable bonds is 6. The molecule has 0 aliphatic heterocycles. The summed E-state index contributed by atoms with van der Waals surface area (Å²) in [6.07, 6.45) is 4.34. The van der Waals surface area contributed by atoms with Crippen molar-refractivity contribution in [1.82, 2.24) is 5.32 Å². The van der Waals surface area contributed by atoms with E-state index < -0.39 is 0 Å². The minimum atomic E-state index is 0. The molecule has 3 aromatic rings. The minimum Gasteiger partial charge on any atom is -0.307 e. The fourth-order valence-corrected chi connectivity index (χ4v) is 2.72. The molecule has 0 aliphatic rings. The molecule has 0 aromatic heterocycles. The number of halogens is 1. The quantitative estimate of drug-likeness (QED) is 0.563. The summed E-state index contributed by atoms with van der Waals surface area (Å²) in [5, 5.41) is 3.52. The molecule has 0 unspecified atom stereocenters. The van der Waals surface area contributed by atoms with Crippen LogP contribution in [-0.4, -0.2) is 6.54 Å². The largest absolute Gasteiger partial charge is 0.307 e. The molecule has 0 saturated carbocycles. The van der Waals surface area contributed by atoms with Crippen LogP contribution in [0.1, 0.15) is 24.1 Å². The number of hydrogen-bond acceptors (Lipinski definition) is 1. The lowest BCUT2D eigenvalue weighted by atomic mass is 10.0. The van der Waals surface area contributed by atoms with Crippen molar-refractivity contribution in [1.29, 1.82) is 0 Å². The summed E-state index contributed by atoms with van der Waals surface area (Å²) in [7, 11) is 0. The third-order valence-corrected chi connectivity index (χ3v) is 4.17. The summed E-state index contributed by atoms with van der Waals surface area (Å²) in [4.78, 5) is 0. The molecule has 3 rings (SSSR count). The second kappa shape index (κ2) is 9.83. The third kappa shape index (κ3) is 5.60. The van der Waals surface area contributed by atoms with Gasteiger partial charge in [-0.1, -0.05) is 97.1 Å². The van der Waals surface area contributed by atoms with Crippen molar-refractivity contribution in [3.05, 3.63) is 102 Å². The van der Waals surface area contributed by atoms with E-state index in [0.29, 0.717) is 6.04 Å². The first-order chi connectivity index (χ1) is 11.8. The maximum absolute atomic E-state index is 3.52. The second-order valence-electron chi connectivity index (χ2n) is 5.93. The molecule has 0 radical (unpaired) electrons. The van der Waals surface area contributed by atoms with Gasteiger partial charge in [0.15, 0.2) is 0 Å². The lowest BCUT2D eigenvalue weighted by Crippen LogP contribution is -2.18. The summed E-state index contributed by atoms with van der Waals surface area (Å²) in [6, 6.07) is 30.0. The van der Waals surface area contributed by atoms with Crippen molar-refractivity contribution in [3.8, 4) is 11.1 Å². The molecule has 3 aromatic carbocycles. The van der Waals surface area contributed by atoms with Gasteiger partial charge in [0.1, 0.15) is 0 Å². The van der Waals surface area contributed by atoms with Crippen molar-refractivity contribution < 1.29 is 0 Å². The molecule has 128 valence electrons. The van der Waals surface area contributed by atoms with E-state index in [2.05, 4.69) is 103 Å². The Bertz CT molecular complexity index is 764. The number of benzene rings is 3. The van der Waals surface area contributed by atoms with Crippen LogP contribution >= 0.6 is 12.4 Å². The van der Waals surface area contributed by atoms with Gasteiger partial charge in [0.25, 0.3) is 0 Å². The zero-order valence-electron chi connectivity index (χ0n) is 14.4. The zero-order valence-corrected chi connectivity index (χ0v) is 15.2. The summed E-state index contributed by atoms with van der Waals surface area (Å²) in [5.41, 5.74) is 5.05. The van der Waals surface area contributed by atoms with Crippen molar-refractivity contribution in [2.75, 3.05) is 6.54 Å². The van der Waals surface area contributed by atoms with E-state index in [4.69, 9.17) is 0 Å². The molecule has 1 nitrogen and oxygen atoms in total. The standard InChI is InChI=1S/C23H23N.ClH/c1-19(21-10-4-2-5-11-21)24-18-8-9-20-14-16-23(17-15-20)22-12-6-3-7-13-22;/h2-17,19,24H,18H2,1H3;1H/t19-;/m1./s1. The Kier molecular flexibility index (Phi) is 7.46. The number of hydrogen-bond donors (Lipinski definition) is 1. The van der Waals surface area contributed by atoms with Gasteiger partial charge in [-0.25, -0.2) is 0 Å². The predicted molar refractivity (Wildman–Crippen MR) is 111 cm³/mol. The summed E-state index contributed by atoms with van der Waals surface area (Å²) in [6.45, 7) is 3.05. The Morgan fingerprint density at radius 2 is 1.32 bits per heavy atom. The van der Waals surface area contributed by atoms with Crippen LogP contribution < -0.4 is 5.32 Å². The van der Waals surface area contributed by atoms with Crippen molar-refractivity contribution in [2.24, 2.45) is 0 Å². The van der Waals surface area contributed by atoms with Gasteiger partial charge in [-0.15, -0.1) is 12.4 Å². The summed E-state index contributed by atoms with van der Waals surface area (Å²) >= 11 is 0. The van der Waals surface area contributed by atoms with Crippen LogP contribution in [0.2, 0.25) is 0 Å².